The van der Waals surface area contributed by atoms with Gasteiger partial charge in [0, 0.05) is 12.5 Å². The number of hydrogen-bond donors (Lipinski definition) is 1. The fourth-order valence-electron chi connectivity index (χ4n) is 4.19. The number of amides is 1. The maximum atomic E-state index is 13.7. The highest BCUT2D eigenvalue weighted by molar-refractivity contribution is 9.10. The predicted molar refractivity (Wildman–Crippen MR) is 148 cm³/mol. The van der Waals surface area contributed by atoms with Gasteiger partial charge in [-0.15, -0.1) is 11.8 Å². The van der Waals surface area contributed by atoms with E-state index in [1.807, 2.05) is 31.9 Å². The summed E-state index contributed by atoms with van der Waals surface area (Å²) in [6.07, 6.45) is 5.32. The van der Waals surface area contributed by atoms with Gasteiger partial charge in [0.15, 0.2) is 17.8 Å². The molecule has 1 heterocycles. The Labute approximate surface area is 226 Å². The van der Waals surface area contributed by atoms with E-state index in [0.717, 1.165) is 19.3 Å². The molecule has 36 heavy (non-hydrogen) atoms. The van der Waals surface area contributed by atoms with Gasteiger partial charge in [-0.2, -0.15) is 0 Å². The van der Waals surface area contributed by atoms with Crippen molar-refractivity contribution in [3.05, 3.63) is 45.9 Å². The molecule has 198 valence electrons. The average Bonchev–Trinajstić information content (AvgIpc) is 3.11. The number of carbonyl (C=O) groups excluding carboxylic acids is 2. The van der Waals surface area contributed by atoms with Crippen molar-refractivity contribution in [2.24, 2.45) is 5.92 Å². The number of carbonyl (C=O) groups is 2. The van der Waals surface area contributed by atoms with Gasteiger partial charge in [-0.25, -0.2) is 0 Å². The molecule has 0 aliphatic carbocycles. The van der Waals surface area contributed by atoms with Crippen LogP contribution in [0.15, 0.2) is 34.8 Å². The monoisotopic (exact) mass is 581 g/mol. The smallest absolute Gasteiger partial charge is 0.256 e. The molecule has 0 bridgehead atoms. The third-order valence-corrected chi connectivity index (χ3v) is 7.76. The van der Waals surface area contributed by atoms with E-state index in [2.05, 4.69) is 15.9 Å². The Morgan fingerprint density at radius 2 is 1.94 bits per heavy atom. The van der Waals surface area contributed by atoms with E-state index < -0.39 is 0 Å². The molecule has 1 amide bonds. The molecule has 0 radical (unpaired) electrons. The van der Waals surface area contributed by atoms with Crippen LogP contribution in [0, 0.1) is 5.92 Å². The van der Waals surface area contributed by atoms with E-state index in [-0.39, 0.29) is 28.5 Å². The van der Waals surface area contributed by atoms with Crippen molar-refractivity contribution in [3.8, 4) is 23.0 Å². The number of benzene rings is 2. The standard InChI is InChI=1S/C25H30BrNO6S.C2H6/c1-4-32-23-21(31-2)12-11-17(22(23)26)24(30)27-13-6-5-8-16(25(27)34-3)15-33-20-10-7-9-19(29)18(20)14-28;1-2/h7,9-12,14,16,25,29H,4-6,8,13,15H2,1-3H3;1-2H3. The van der Waals surface area contributed by atoms with Crippen LogP contribution in [0.2, 0.25) is 0 Å². The second-order valence-corrected chi connectivity index (χ2v) is 9.64. The van der Waals surface area contributed by atoms with Crippen LogP contribution in [-0.4, -0.2) is 60.7 Å². The first kappa shape index (κ1) is 29.8. The summed E-state index contributed by atoms with van der Waals surface area (Å²) in [5.74, 6) is 1.26. The van der Waals surface area contributed by atoms with E-state index in [1.165, 1.54) is 6.07 Å². The minimum absolute atomic E-state index is 0.0479. The Bertz CT molecular complexity index is 1020. The largest absolute Gasteiger partial charge is 0.507 e. The van der Waals surface area contributed by atoms with Crippen molar-refractivity contribution in [1.82, 2.24) is 4.90 Å². The molecule has 1 N–H and O–H groups in total. The highest BCUT2D eigenvalue weighted by Gasteiger charge is 2.34. The number of thioether (sulfide) groups is 1. The van der Waals surface area contributed by atoms with Crippen molar-refractivity contribution >= 4 is 39.9 Å². The van der Waals surface area contributed by atoms with Crippen molar-refractivity contribution in [2.75, 3.05) is 33.1 Å². The number of nitrogens with zero attached hydrogens (tertiary/aromatic N) is 1. The van der Waals surface area contributed by atoms with Crippen LogP contribution in [0.3, 0.4) is 0 Å². The van der Waals surface area contributed by atoms with E-state index in [1.54, 1.807) is 43.1 Å². The highest BCUT2D eigenvalue weighted by Crippen LogP contribution is 2.40. The number of rotatable bonds is 9. The second kappa shape index (κ2) is 15.0. The lowest BCUT2D eigenvalue weighted by Gasteiger charge is -2.34. The normalized spacial score (nSPS) is 17.3. The predicted octanol–water partition coefficient (Wildman–Crippen LogP) is 6.41. The SMILES string of the molecule is CC.CCOc1c(OC)ccc(C(=O)N2CCCCC(COc3cccc(O)c3C=O)C2SC)c1Br. The van der Waals surface area contributed by atoms with Crippen LogP contribution in [0.4, 0.5) is 0 Å². The summed E-state index contributed by atoms with van der Waals surface area (Å²) in [6, 6.07) is 8.27. The number of phenolic OH excluding ortho intramolecular Hbond substituents is 1. The third kappa shape index (κ3) is 6.88. The molecule has 9 heteroatoms. The molecule has 0 spiro atoms. The van der Waals surface area contributed by atoms with Gasteiger partial charge in [0.1, 0.15) is 11.5 Å². The van der Waals surface area contributed by atoms with Crippen LogP contribution in [0.1, 0.15) is 60.7 Å². The molecule has 1 aliphatic rings. The zero-order valence-electron chi connectivity index (χ0n) is 21.6. The summed E-state index contributed by atoms with van der Waals surface area (Å²) in [5.41, 5.74) is 0.650. The lowest BCUT2D eigenvalue weighted by atomic mass is 10.0. The molecule has 0 aromatic heterocycles. The number of aldehydes is 1. The minimum Gasteiger partial charge on any atom is -0.507 e. The van der Waals surface area contributed by atoms with Gasteiger partial charge in [0.05, 0.1) is 41.3 Å². The first-order valence-electron chi connectivity index (χ1n) is 12.2. The molecule has 2 atom stereocenters. The van der Waals surface area contributed by atoms with Crippen molar-refractivity contribution < 1.29 is 28.9 Å². The summed E-state index contributed by atoms with van der Waals surface area (Å²) in [6.45, 7) is 7.29. The molecule has 7 nitrogen and oxygen atoms in total. The maximum absolute atomic E-state index is 13.7. The number of methoxy groups -OCH3 is 1. The summed E-state index contributed by atoms with van der Waals surface area (Å²) >= 11 is 5.17. The molecule has 1 fully saturated rings. The van der Waals surface area contributed by atoms with Crippen molar-refractivity contribution in [1.29, 1.82) is 0 Å². The number of halogens is 1. The molecular formula is C27H36BrNO6S. The number of ether oxygens (including phenoxy) is 3. The van der Waals surface area contributed by atoms with Gasteiger partial charge >= 0.3 is 0 Å². The Balaban J connectivity index is 0.00000222. The van der Waals surface area contributed by atoms with Gasteiger partial charge in [0.2, 0.25) is 0 Å². The first-order valence-corrected chi connectivity index (χ1v) is 14.3. The van der Waals surface area contributed by atoms with Crippen molar-refractivity contribution in [3.63, 3.8) is 0 Å². The summed E-state index contributed by atoms with van der Waals surface area (Å²) in [4.78, 5) is 27.0. The molecule has 1 aliphatic heterocycles. The first-order chi connectivity index (χ1) is 17.5. The van der Waals surface area contributed by atoms with Gasteiger partial charge in [0.25, 0.3) is 5.91 Å². The Morgan fingerprint density at radius 1 is 1.19 bits per heavy atom. The quantitative estimate of drug-likeness (QED) is 0.342. The highest BCUT2D eigenvalue weighted by atomic mass is 79.9. The zero-order valence-corrected chi connectivity index (χ0v) is 24.0. The molecular weight excluding hydrogens is 546 g/mol. The van der Waals surface area contributed by atoms with Crippen LogP contribution in [0.25, 0.3) is 0 Å². The van der Waals surface area contributed by atoms with E-state index in [4.69, 9.17) is 14.2 Å². The Hall–Kier alpha value is -2.39. The number of aromatic hydroxyl groups is 1. The number of phenols is 1. The van der Waals surface area contributed by atoms with Crippen LogP contribution < -0.4 is 14.2 Å². The average molecular weight is 583 g/mol. The summed E-state index contributed by atoms with van der Waals surface area (Å²) in [5, 5.41) is 9.83. The second-order valence-electron chi connectivity index (χ2n) is 7.89. The molecule has 2 aromatic carbocycles. The van der Waals surface area contributed by atoms with Crippen molar-refractivity contribution in [2.45, 2.75) is 45.4 Å². The maximum Gasteiger partial charge on any atom is 0.256 e. The molecule has 2 aromatic rings. The fraction of sp³-hybridized carbons (Fsp3) is 0.481. The van der Waals surface area contributed by atoms with Gasteiger partial charge in [-0.05, 0) is 66.2 Å². The minimum atomic E-state index is -0.114. The van der Waals surface area contributed by atoms with Crippen LogP contribution in [0.5, 0.6) is 23.0 Å². The van der Waals surface area contributed by atoms with E-state index in [0.29, 0.717) is 53.3 Å². The zero-order chi connectivity index (χ0) is 26.7. The number of likely N-dealkylation sites (tertiary alicyclic amines) is 1. The lowest BCUT2D eigenvalue weighted by Crippen LogP contribution is -2.43. The summed E-state index contributed by atoms with van der Waals surface area (Å²) < 4.78 is 17.7. The topological polar surface area (TPSA) is 85.3 Å². The Kier molecular flexibility index (Phi) is 12.4. The van der Waals surface area contributed by atoms with Gasteiger partial charge in [-0.3, -0.25) is 9.59 Å². The number of hydrogen-bond acceptors (Lipinski definition) is 7. The van der Waals surface area contributed by atoms with E-state index >= 15 is 0 Å². The lowest BCUT2D eigenvalue weighted by molar-refractivity contribution is 0.0692. The molecule has 0 saturated carbocycles. The van der Waals surface area contributed by atoms with Gasteiger partial charge in [-0.1, -0.05) is 26.3 Å². The van der Waals surface area contributed by atoms with Crippen LogP contribution >= 0.6 is 27.7 Å². The van der Waals surface area contributed by atoms with E-state index in [9.17, 15) is 14.7 Å². The van der Waals surface area contributed by atoms with Gasteiger partial charge < -0.3 is 24.2 Å². The summed E-state index contributed by atoms with van der Waals surface area (Å²) in [7, 11) is 1.57. The third-order valence-electron chi connectivity index (χ3n) is 5.85. The molecule has 1 saturated heterocycles. The van der Waals surface area contributed by atoms with Crippen LogP contribution in [-0.2, 0) is 0 Å². The Morgan fingerprint density at radius 3 is 2.58 bits per heavy atom. The molecule has 2 unspecified atom stereocenters. The molecule has 3 rings (SSSR count). The fourth-order valence-corrected chi connectivity index (χ4v) is 5.85.